The molecule has 2 nitrogen and oxygen atoms in total. The van der Waals surface area contributed by atoms with Gasteiger partial charge in [0.15, 0.2) is 5.78 Å². The van der Waals surface area contributed by atoms with Gasteiger partial charge in [-0.1, -0.05) is 6.92 Å². The molecule has 1 aliphatic heterocycles. The molecule has 0 aliphatic carbocycles. The fraction of sp³-hybridized carbons (Fsp3) is 0.583. The lowest BCUT2D eigenvalue weighted by atomic mass is 9.96. The number of thiophene rings is 1. The number of hydrogen-bond acceptors (Lipinski definition) is 3. The van der Waals surface area contributed by atoms with Gasteiger partial charge in [0, 0.05) is 21.9 Å². The van der Waals surface area contributed by atoms with Crippen molar-refractivity contribution in [2.24, 2.45) is 5.92 Å². The van der Waals surface area contributed by atoms with E-state index in [0.717, 1.165) is 23.5 Å². The molecule has 15 heavy (non-hydrogen) atoms. The summed E-state index contributed by atoms with van der Waals surface area (Å²) in [7, 11) is 0. The Bertz CT molecular complexity index is 381. The highest BCUT2D eigenvalue weighted by molar-refractivity contribution is 7.12. The van der Waals surface area contributed by atoms with Crippen molar-refractivity contribution in [1.82, 2.24) is 0 Å². The van der Waals surface area contributed by atoms with Crippen molar-refractivity contribution >= 4 is 17.1 Å². The first-order chi connectivity index (χ1) is 7.09. The maximum atomic E-state index is 12.2. The van der Waals surface area contributed by atoms with Crippen LogP contribution in [-0.4, -0.2) is 18.5 Å². The van der Waals surface area contributed by atoms with E-state index in [4.69, 9.17) is 4.74 Å². The summed E-state index contributed by atoms with van der Waals surface area (Å²) in [6, 6.07) is 1.98. The van der Waals surface area contributed by atoms with Gasteiger partial charge in [-0.3, -0.25) is 4.79 Å². The molecule has 1 aliphatic rings. The summed E-state index contributed by atoms with van der Waals surface area (Å²) in [6.07, 6.45) is 0.788. The van der Waals surface area contributed by atoms with Crippen molar-refractivity contribution in [3.8, 4) is 0 Å². The van der Waals surface area contributed by atoms with Crippen molar-refractivity contribution in [2.75, 3.05) is 6.61 Å². The van der Waals surface area contributed by atoms with Crippen LogP contribution in [0.1, 0.15) is 33.5 Å². The molecule has 0 saturated carbocycles. The van der Waals surface area contributed by atoms with E-state index >= 15 is 0 Å². The molecule has 1 fully saturated rings. The highest BCUT2D eigenvalue weighted by atomic mass is 32.1. The van der Waals surface area contributed by atoms with Crippen LogP contribution in [0.2, 0.25) is 0 Å². The van der Waals surface area contributed by atoms with Crippen LogP contribution in [0.4, 0.5) is 0 Å². The number of aryl methyl sites for hydroxylation is 2. The van der Waals surface area contributed by atoms with Gasteiger partial charge in [0.1, 0.15) is 6.10 Å². The van der Waals surface area contributed by atoms with E-state index in [1.54, 1.807) is 11.3 Å². The Labute approximate surface area is 94.3 Å². The third-order valence-electron chi connectivity index (χ3n) is 2.95. The molecule has 2 atom stereocenters. The quantitative estimate of drug-likeness (QED) is 0.722. The fourth-order valence-corrected chi connectivity index (χ4v) is 2.99. The minimum absolute atomic E-state index is 0.168. The van der Waals surface area contributed by atoms with Gasteiger partial charge in [-0.15, -0.1) is 11.3 Å². The molecule has 0 radical (unpaired) electrons. The average molecular weight is 224 g/mol. The molecule has 0 spiro atoms. The van der Waals surface area contributed by atoms with Crippen LogP contribution in [0.5, 0.6) is 0 Å². The molecule has 82 valence electrons. The van der Waals surface area contributed by atoms with Crippen molar-refractivity contribution in [1.29, 1.82) is 0 Å². The molecule has 0 N–H and O–H groups in total. The van der Waals surface area contributed by atoms with E-state index < -0.39 is 0 Å². The first-order valence-electron chi connectivity index (χ1n) is 5.32. The zero-order chi connectivity index (χ0) is 11.0. The zero-order valence-electron chi connectivity index (χ0n) is 9.37. The lowest BCUT2D eigenvalue weighted by Crippen LogP contribution is -2.25. The molecule has 0 aromatic carbocycles. The summed E-state index contributed by atoms with van der Waals surface area (Å²) in [5.41, 5.74) is 0.858. The van der Waals surface area contributed by atoms with Gasteiger partial charge in [-0.25, -0.2) is 0 Å². The summed E-state index contributed by atoms with van der Waals surface area (Å²) >= 11 is 1.68. The normalized spacial score (nSPS) is 25.8. The Kier molecular flexibility index (Phi) is 2.94. The lowest BCUT2D eigenvalue weighted by Gasteiger charge is -2.12. The Morgan fingerprint density at radius 2 is 2.27 bits per heavy atom. The Morgan fingerprint density at radius 1 is 1.53 bits per heavy atom. The Morgan fingerprint density at radius 3 is 2.73 bits per heavy atom. The lowest BCUT2D eigenvalue weighted by molar-refractivity contribution is 0.0579. The standard InChI is InChI=1S/C12H16O2S/c1-7-4-5-14-12(7)11(13)10-6-8(2)15-9(10)3/h6-7,12H,4-5H2,1-3H3. The van der Waals surface area contributed by atoms with Crippen molar-refractivity contribution in [2.45, 2.75) is 33.3 Å². The number of ether oxygens (including phenoxy) is 1. The van der Waals surface area contributed by atoms with E-state index in [-0.39, 0.29) is 11.9 Å². The molecule has 2 unspecified atom stereocenters. The highest BCUT2D eigenvalue weighted by Crippen LogP contribution is 2.28. The van der Waals surface area contributed by atoms with E-state index in [0.29, 0.717) is 5.92 Å². The van der Waals surface area contributed by atoms with E-state index in [2.05, 4.69) is 6.92 Å². The number of carbonyl (C=O) groups is 1. The van der Waals surface area contributed by atoms with Crippen LogP contribution in [0.3, 0.4) is 0 Å². The van der Waals surface area contributed by atoms with Gasteiger partial charge in [-0.05, 0) is 32.3 Å². The molecule has 1 aromatic heterocycles. The van der Waals surface area contributed by atoms with Crippen molar-refractivity contribution in [3.05, 3.63) is 21.4 Å². The van der Waals surface area contributed by atoms with Gasteiger partial charge < -0.3 is 4.74 Å². The van der Waals surface area contributed by atoms with Gasteiger partial charge in [0.25, 0.3) is 0 Å². The molecule has 2 rings (SSSR count). The second kappa shape index (κ2) is 4.06. The molecule has 1 aromatic rings. The van der Waals surface area contributed by atoms with Crippen LogP contribution in [0.25, 0.3) is 0 Å². The van der Waals surface area contributed by atoms with Crippen molar-refractivity contribution in [3.63, 3.8) is 0 Å². The first kappa shape index (κ1) is 10.8. The molecule has 2 heterocycles. The van der Waals surface area contributed by atoms with Crippen LogP contribution in [0, 0.1) is 19.8 Å². The maximum absolute atomic E-state index is 12.2. The van der Waals surface area contributed by atoms with Crippen LogP contribution >= 0.6 is 11.3 Å². The van der Waals surface area contributed by atoms with E-state index in [1.807, 2.05) is 19.9 Å². The van der Waals surface area contributed by atoms with Crippen LogP contribution in [0.15, 0.2) is 6.07 Å². The third kappa shape index (κ3) is 1.99. The monoisotopic (exact) mass is 224 g/mol. The topological polar surface area (TPSA) is 26.3 Å². The van der Waals surface area contributed by atoms with Crippen LogP contribution < -0.4 is 0 Å². The zero-order valence-corrected chi connectivity index (χ0v) is 10.2. The predicted molar refractivity (Wildman–Crippen MR) is 61.6 cm³/mol. The molecule has 1 saturated heterocycles. The third-order valence-corrected chi connectivity index (χ3v) is 3.92. The van der Waals surface area contributed by atoms with Gasteiger partial charge >= 0.3 is 0 Å². The average Bonchev–Trinajstić information content (AvgIpc) is 2.71. The smallest absolute Gasteiger partial charge is 0.192 e. The SMILES string of the molecule is Cc1cc(C(=O)C2OCCC2C)c(C)s1. The number of hydrogen-bond donors (Lipinski definition) is 0. The highest BCUT2D eigenvalue weighted by Gasteiger charge is 2.32. The summed E-state index contributed by atoms with van der Waals surface area (Å²) in [6.45, 7) is 6.85. The van der Waals surface area contributed by atoms with E-state index in [9.17, 15) is 4.79 Å². The Balaban J connectivity index is 2.24. The number of ketones is 1. The van der Waals surface area contributed by atoms with Gasteiger partial charge in [0.2, 0.25) is 0 Å². The van der Waals surface area contributed by atoms with Crippen LogP contribution in [-0.2, 0) is 4.74 Å². The first-order valence-corrected chi connectivity index (χ1v) is 6.14. The minimum Gasteiger partial charge on any atom is -0.370 e. The van der Waals surface area contributed by atoms with Gasteiger partial charge in [0.05, 0.1) is 0 Å². The van der Waals surface area contributed by atoms with Crippen molar-refractivity contribution < 1.29 is 9.53 Å². The minimum atomic E-state index is -0.210. The molecular weight excluding hydrogens is 208 g/mol. The molecule has 3 heteroatoms. The summed E-state index contributed by atoms with van der Waals surface area (Å²) < 4.78 is 5.50. The number of Topliss-reactive ketones (excluding diaryl/α,β-unsaturated/α-hetero) is 1. The number of carbonyl (C=O) groups excluding carboxylic acids is 1. The molecule has 0 bridgehead atoms. The van der Waals surface area contributed by atoms with E-state index in [1.165, 1.54) is 4.88 Å². The summed E-state index contributed by atoms with van der Waals surface area (Å²) in [5.74, 6) is 0.527. The molecular formula is C12H16O2S. The second-order valence-electron chi connectivity index (χ2n) is 4.25. The maximum Gasteiger partial charge on any atom is 0.192 e. The summed E-state index contributed by atoms with van der Waals surface area (Å²) in [5, 5.41) is 0. The molecule has 0 amide bonds. The largest absolute Gasteiger partial charge is 0.370 e. The predicted octanol–water partition coefficient (Wildman–Crippen LogP) is 2.97. The fourth-order valence-electron chi connectivity index (χ4n) is 2.06. The Hall–Kier alpha value is -0.670. The second-order valence-corrected chi connectivity index (χ2v) is 5.71. The number of rotatable bonds is 2. The van der Waals surface area contributed by atoms with Gasteiger partial charge in [-0.2, -0.15) is 0 Å². The summed E-state index contributed by atoms with van der Waals surface area (Å²) in [4.78, 5) is 14.5.